The van der Waals surface area contributed by atoms with E-state index in [0.717, 1.165) is 33.9 Å². The van der Waals surface area contributed by atoms with E-state index in [1.807, 2.05) is 67.6 Å². The molecule has 1 unspecified atom stereocenters. The largest absolute Gasteiger partial charge is 0.497 e. The average molecular weight is 472 g/mol. The van der Waals surface area contributed by atoms with Crippen LogP contribution in [0.3, 0.4) is 0 Å². The third-order valence-electron chi connectivity index (χ3n) is 6.09. The molecule has 182 valence electrons. The molecule has 1 atom stereocenters. The van der Waals surface area contributed by atoms with E-state index < -0.39 is 0 Å². The van der Waals surface area contributed by atoms with Crippen molar-refractivity contribution in [3.63, 3.8) is 0 Å². The lowest BCUT2D eigenvalue weighted by Crippen LogP contribution is -2.30. The number of nitrogens with zero attached hydrogens (tertiary/aromatic N) is 2. The van der Waals surface area contributed by atoms with Crippen LogP contribution in [0.15, 0.2) is 72.8 Å². The highest BCUT2D eigenvalue weighted by molar-refractivity contribution is 5.79. The number of nitrogens with one attached hydrogen (secondary N) is 1. The van der Waals surface area contributed by atoms with Gasteiger partial charge < -0.3 is 19.4 Å². The van der Waals surface area contributed by atoms with Gasteiger partial charge in [-0.3, -0.25) is 4.79 Å². The molecule has 1 amide bonds. The molecule has 0 aliphatic carbocycles. The van der Waals surface area contributed by atoms with E-state index >= 15 is 0 Å². The van der Waals surface area contributed by atoms with Crippen molar-refractivity contribution in [1.29, 1.82) is 0 Å². The second kappa shape index (κ2) is 11.1. The Bertz CT molecular complexity index is 1280. The van der Waals surface area contributed by atoms with Gasteiger partial charge in [-0.2, -0.15) is 0 Å². The topological polar surface area (TPSA) is 65.4 Å². The van der Waals surface area contributed by atoms with Gasteiger partial charge >= 0.3 is 0 Å². The Morgan fingerprint density at radius 3 is 2.43 bits per heavy atom. The van der Waals surface area contributed by atoms with Gasteiger partial charge in [0.2, 0.25) is 5.91 Å². The first-order chi connectivity index (χ1) is 17.0. The summed E-state index contributed by atoms with van der Waals surface area (Å²) in [4.78, 5) is 17.6. The van der Waals surface area contributed by atoms with Crippen LogP contribution in [0.2, 0.25) is 0 Å². The van der Waals surface area contributed by atoms with Crippen molar-refractivity contribution in [3.8, 4) is 11.5 Å². The Morgan fingerprint density at radius 2 is 1.69 bits per heavy atom. The van der Waals surface area contributed by atoms with Gasteiger partial charge in [-0.15, -0.1) is 0 Å². The Labute approximate surface area is 206 Å². The van der Waals surface area contributed by atoms with E-state index in [2.05, 4.69) is 35.9 Å². The van der Waals surface area contributed by atoms with Crippen molar-refractivity contribution in [2.45, 2.75) is 45.7 Å². The van der Waals surface area contributed by atoms with Crippen LogP contribution in [0.5, 0.6) is 11.5 Å². The summed E-state index contributed by atoms with van der Waals surface area (Å²) in [6.07, 6.45) is 0.295. The predicted octanol–water partition coefficient (Wildman–Crippen LogP) is 5.67. The molecule has 0 fully saturated rings. The standard InChI is InChI=1S/C29H33N3O3/c1-20(2)24-9-5-8-12-27(24)35-18-17-32-26-11-7-6-10-25(26)31-29(32)21(3)30-28(33)19-22-13-15-23(34-4)16-14-22/h5-16,20-21H,17-19H2,1-4H3,(H,30,33). The molecule has 4 aromatic rings. The molecule has 1 N–H and O–H groups in total. The molecule has 0 radical (unpaired) electrons. The SMILES string of the molecule is COc1ccc(CC(=O)NC(C)c2nc3ccccc3n2CCOc2ccccc2C(C)C)cc1. The van der Waals surface area contributed by atoms with Gasteiger partial charge in [0.1, 0.15) is 23.9 Å². The zero-order chi connectivity index (χ0) is 24.8. The van der Waals surface area contributed by atoms with Crippen LogP contribution in [-0.4, -0.2) is 29.2 Å². The van der Waals surface area contributed by atoms with Crippen molar-refractivity contribution in [1.82, 2.24) is 14.9 Å². The summed E-state index contributed by atoms with van der Waals surface area (Å²) >= 11 is 0. The monoisotopic (exact) mass is 471 g/mol. The number of ether oxygens (including phenoxy) is 2. The molecule has 0 saturated heterocycles. The Balaban J connectivity index is 1.48. The highest BCUT2D eigenvalue weighted by Crippen LogP contribution is 2.26. The number of fused-ring (bicyclic) bond motifs is 1. The summed E-state index contributed by atoms with van der Waals surface area (Å²) < 4.78 is 13.5. The molecule has 0 spiro atoms. The fraction of sp³-hybridized carbons (Fsp3) is 0.310. The van der Waals surface area contributed by atoms with Gasteiger partial charge in [-0.25, -0.2) is 4.98 Å². The number of carbonyl (C=O) groups excluding carboxylic acids is 1. The molecule has 0 bridgehead atoms. The fourth-order valence-corrected chi connectivity index (χ4v) is 4.28. The van der Waals surface area contributed by atoms with Gasteiger partial charge in [0, 0.05) is 0 Å². The molecule has 1 heterocycles. The molecular formula is C29H33N3O3. The molecule has 1 aromatic heterocycles. The number of methoxy groups -OCH3 is 1. The van der Waals surface area contributed by atoms with Crippen LogP contribution in [0.1, 0.15) is 49.7 Å². The third-order valence-corrected chi connectivity index (χ3v) is 6.09. The number of hydrogen-bond acceptors (Lipinski definition) is 4. The Morgan fingerprint density at radius 1 is 0.971 bits per heavy atom. The number of hydrogen-bond donors (Lipinski definition) is 1. The van der Waals surface area contributed by atoms with E-state index in [-0.39, 0.29) is 11.9 Å². The van der Waals surface area contributed by atoms with Gasteiger partial charge in [-0.1, -0.05) is 56.3 Å². The molecular weight excluding hydrogens is 438 g/mol. The Kier molecular flexibility index (Phi) is 7.70. The number of imidazole rings is 1. The fourth-order valence-electron chi connectivity index (χ4n) is 4.28. The zero-order valence-electron chi connectivity index (χ0n) is 20.8. The minimum absolute atomic E-state index is 0.0524. The molecule has 0 aliphatic heterocycles. The van der Waals surface area contributed by atoms with E-state index in [4.69, 9.17) is 14.5 Å². The summed E-state index contributed by atoms with van der Waals surface area (Å²) in [5, 5.41) is 3.11. The summed E-state index contributed by atoms with van der Waals surface area (Å²) in [7, 11) is 1.63. The second-order valence-electron chi connectivity index (χ2n) is 8.97. The van der Waals surface area contributed by atoms with Crippen molar-refractivity contribution in [2.24, 2.45) is 0 Å². The van der Waals surface area contributed by atoms with Crippen LogP contribution in [0, 0.1) is 0 Å². The number of rotatable bonds is 10. The number of aromatic nitrogens is 2. The smallest absolute Gasteiger partial charge is 0.224 e. The van der Waals surface area contributed by atoms with E-state index in [1.54, 1.807) is 7.11 Å². The van der Waals surface area contributed by atoms with Gasteiger partial charge in [-0.05, 0) is 54.3 Å². The second-order valence-corrected chi connectivity index (χ2v) is 8.97. The van der Waals surface area contributed by atoms with Gasteiger partial charge in [0.05, 0.1) is 37.2 Å². The van der Waals surface area contributed by atoms with Crippen LogP contribution in [0.25, 0.3) is 11.0 Å². The number of amides is 1. The van der Waals surface area contributed by atoms with E-state index in [9.17, 15) is 4.79 Å². The minimum atomic E-state index is -0.254. The first kappa shape index (κ1) is 24.3. The predicted molar refractivity (Wildman–Crippen MR) is 139 cm³/mol. The van der Waals surface area contributed by atoms with Crippen molar-refractivity contribution >= 4 is 16.9 Å². The first-order valence-electron chi connectivity index (χ1n) is 12.1. The normalized spacial score (nSPS) is 12.0. The van der Waals surface area contributed by atoms with Crippen molar-refractivity contribution < 1.29 is 14.3 Å². The van der Waals surface area contributed by atoms with Crippen LogP contribution in [-0.2, 0) is 17.8 Å². The quantitative estimate of drug-likeness (QED) is 0.324. The van der Waals surface area contributed by atoms with E-state index in [1.165, 1.54) is 5.56 Å². The van der Waals surface area contributed by atoms with Crippen LogP contribution in [0.4, 0.5) is 0 Å². The summed E-state index contributed by atoms with van der Waals surface area (Å²) in [5.74, 6) is 2.83. The molecule has 6 heteroatoms. The average Bonchev–Trinajstić information content (AvgIpc) is 3.23. The summed E-state index contributed by atoms with van der Waals surface area (Å²) in [6, 6.07) is 23.5. The maximum absolute atomic E-state index is 12.8. The summed E-state index contributed by atoms with van der Waals surface area (Å²) in [5.41, 5.74) is 4.06. The van der Waals surface area contributed by atoms with Gasteiger partial charge in [0.15, 0.2) is 0 Å². The zero-order valence-corrected chi connectivity index (χ0v) is 20.8. The Hall–Kier alpha value is -3.80. The molecule has 0 saturated carbocycles. The number of para-hydroxylation sites is 3. The summed E-state index contributed by atoms with van der Waals surface area (Å²) in [6.45, 7) is 7.43. The number of carbonyl (C=O) groups is 1. The lowest BCUT2D eigenvalue weighted by molar-refractivity contribution is -0.121. The maximum atomic E-state index is 12.8. The number of benzene rings is 3. The van der Waals surface area contributed by atoms with E-state index in [0.29, 0.717) is 25.5 Å². The minimum Gasteiger partial charge on any atom is -0.497 e. The maximum Gasteiger partial charge on any atom is 0.224 e. The van der Waals surface area contributed by atoms with Crippen LogP contribution < -0.4 is 14.8 Å². The lowest BCUT2D eigenvalue weighted by atomic mass is 10.0. The van der Waals surface area contributed by atoms with Crippen molar-refractivity contribution in [2.75, 3.05) is 13.7 Å². The van der Waals surface area contributed by atoms with Crippen LogP contribution >= 0.6 is 0 Å². The molecule has 0 aliphatic rings. The molecule has 6 nitrogen and oxygen atoms in total. The highest BCUT2D eigenvalue weighted by atomic mass is 16.5. The molecule has 35 heavy (non-hydrogen) atoms. The van der Waals surface area contributed by atoms with Crippen molar-refractivity contribution in [3.05, 3.63) is 89.7 Å². The third kappa shape index (κ3) is 5.83. The molecule has 3 aromatic carbocycles. The lowest BCUT2D eigenvalue weighted by Gasteiger charge is -2.18. The molecule has 4 rings (SSSR count). The highest BCUT2D eigenvalue weighted by Gasteiger charge is 2.19. The van der Waals surface area contributed by atoms with Gasteiger partial charge in [0.25, 0.3) is 0 Å². The first-order valence-corrected chi connectivity index (χ1v) is 12.1.